The molecule has 0 aliphatic carbocycles. The first-order valence-electron chi connectivity index (χ1n) is 9.77. The number of methoxy groups -OCH3 is 1. The summed E-state index contributed by atoms with van der Waals surface area (Å²) in [6.07, 6.45) is -0.268. The average Bonchev–Trinajstić information content (AvgIpc) is 2.75. The number of hydrogen-bond acceptors (Lipinski definition) is 6. The van der Waals surface area contributed by atoms with Crippen molar-refractivity contribution in [1.29, 1.82) is 0 Å². The molecule has 0 bridgehead atoms. The number of carbonyl (C=O) groups excluding carboxylic acids is 2. The highest BCUT2D eigenvalue weighted by atomic mass is 19.1. The number of anilines is 4. The van der Waals surface area contributed by atoms with Crippen LogP contribution in [0.25, 0.3) is 0 Å². The zero-order valence-electron chi connectivity index (χ0n) is 17.3. The van der Waals surface area contributed by atoms with Gasteiger partial charge in [-0.3, -0.25) is 19.4 Å². The largest absolute Gasteiger partial charge is 0.495 e. The maximum atomic E-state index is 14.2. The molecule has 0 radical (unpaired) electrons. The predicted molar refractivity (Wildman–Crippen MR) is 117 cm³/mol. The summed E-state index contributed by atoms with van der Waals surface area (Å²) in [5.41, 5.74) is 0.604. The molecule has 1 aromatic heterocycles. The van der Waals surface area contributed by atoms with Gasteiger partial charge < -0.3 is 20.7 Å². The van der Waals surface area contributed by atoms with Crippen molar-refractivity contribution < 1.29 is 18.7 Å². The minimum atomic E-state index is -1.13. The van der Waals surface area contributed by atoms with E-state index >= 15 is 0 Å². The molecule has 4 N–H and O–H groups in total. The van der Waals surface area contributed by atoms with Crippen molar-refractivity contribution in [3.05, 3.63) is 69.8 Å². The second kappa shape index (κ2) is 8.50. The molecule has 0 saturated carbocycles. The van der Waals surface area contributed by atoms with Gasteiger partial charge in [-0.25, -0.2) is 4.39 Å². The fourth-order valence-electron chi connectivity index (χ4n) is 3.47. The fraction of sp³-hybridized carbons (Fsp3) is 0.182. The Bertz CT molecular complexity index is 1270. The van der Waals surface area contributed by atoms with Gasteiger partial charge >= 0.3 is 0 Å². The van der Waals surface area contributed by atoms with Gasteiger partial charge in [0.1, 0.15) is 17.4 Å². The molecule has 3 aromatic rings. The van der Waals surface area contributed by atoms with E-state index in [0.29, 0.717) is 17.0 Å². The van der Waals surface area contributed by atoms with Crippen molar-refractivity contribution in [1.82, 2.24) is 9.97 Å². The van der Waals surface area contributed by atoms with Gasteiger partial charge in [0.25, 0.3) is 5.56 Å². The number of nitrogens with one attached hydrogen (secondary N) is 4. The number of amides is 2. The monoisotopic (exact) mass is 437 g/mol. The molecular formula is C22H20FN5O4. The first-order valence-corrected chi connectivity index (χ1v) is 9.77. The van der Waals surface area contributed by atoms with Crippen LogP contribution in [0.2, 0.25) is 0 Å². The van der Waals surface area contributed by atoms with Gasteiger partial charge in [0.15, 0.2) is 0 Å². The van der Waals surface area contributed by atoms with Crippen molar-refractivity contribution in [2.24, 2.45) is 0 Å². The third-order valence-electron chi connectivity index (χ3n) is 5.01. The van der Waals surface area contributed by atoms with Gasteiger partial charge in [-0.15, -0.1) is 0 Å². The van der Waals surface area contributed by atoms with Crippen molar-refractivity contribution in [2.45, 2.75) is 19.3 Å². The summed E-state index contributed by atoms with van der Waals surface area (Å²) in [4.78, 5) is 44.8. The number of aromatic amines is 1. The van der Waals surface area contributed by atoms with Crippen molar-refractivity contribution in [3.63, 3.8) is 0 Å². The third-order valence-corrected chi connectivity index (χ3v) is 5.01. The number of nitrogens with zero attached hydrogens (tertiary/aromatic N) is 1. The van der Waals surface area contributed by atoms with E-state index in [4.69, 9.17) is 4.74 Å². The van der Waals surface area contributed by atoms with E-state index < -0.39 is 29.1 Å². The number of halogens is 1. The fourth-order valence-corrected chi connectivity index (χ4v) is 3.47. The number of carbonyl (C=O) groups is 2. The third kappa shape index (κ3) is 4.15. The highest BCUT2D eigenvalue weighted by molar-refractivity contribution is 6.04. The number of aryl methyl sites for hydroxylation is 1. The zero-order chi connectivity index (χ0) is 22.8. The SMILES string of the molecule is COc1ccccc1Nc1nc2c(c(=O)[nH]1)C(C(=O)Nc1ccc(C)cc1F)CC(=O)N2. The minimum Gasteiger partial charge on any atom is -0.495 e. The lowest BCUT2D eigenvalue weighted by atomic mass is 9.92. The molecule has 2 amide bonds. The number of benzene rings is 2. The molecule has 2 heterocycles. The number of hydrogen-bond donors (Lipinski definition) is 4. The standard InChI is InChI=1S/C22H20FN5O4/c1-11-7-8-14(13(23)9-11)24-20(30)12-10-17(29)26-19-18(12)21(31)28-22(27-19)25-15-5-3-4-6-16(15)32-2/h3-9,12H,10H2,1-2H3,(H,24,30)(H3,25,26,27,28,29,31). The van der Waals surface area contributed by atoms with Crippen LogP contribution >= 0.6 is 0 Å². The molecule has 1 unspecified atom stereocenters. The molecule has 9 nitrogen and oxygen atoms in total. The van der Waals surface area contributed by atoms with Crippen LogP contribution in [0, 0.1) is 12.7 Å². The van der Waals surface area contributed by atoms with Gasteiger partial charge in [0.2, 0.25) is 17.8 Å². The second-order valence-corrected chi connectivity index (χ2v) is 7.28. The normalized spacial score (nSPS) is 14.8. The molecule has 0 saturated heterocycles. The number of para-hydroxylation sites is 2. The van der Waals surface area contributed by atoms with Crippen LogP contribution in [0.15, 0.2) is 47.3 Å². The molecule has 10 heteroatoms. The molecule has 32 heavy (non-hydrogen) atoms. The van der Waals surface area contributed by atoms with Crippen LogP contribution in [0.3, 0.4) is 0 Å². The summed E-state index contributed by atoms with van der Waals surface area (Å²) in [7, 11) is 1.50. The Kier molecular flexibility index (Phi) is 5.59. The quantitative estimate of drug-likeness (QED) is 0.486. The molecule has 164 valence electrons. The summed E-state index contributed by atoms with van der Waals surface area (Å²) in [5.74, 6) is -2.35. The van der Waals surface area contributed by atoms with Gasteiger partial charge in [-0.05, 0) is 36.8 Å². The van der Waals surface area contributed by atoms with Crippen LogP contribution in [-0.4, -0.2) is 28.9 Å². The van der Waals surface area contributed by atoms with E-state index in [2.05, 4.69) is 25.9 Å². The predicted octanol–water partition coefficient (Wildman–Crippen LogP) is 3.03. The van der Waals surface area contributed by atoms with Crippen molar-refractivity contribution in [2.75, 3.05) is 23.1 Å². The van der Waals surface area contributed by atoms with E-state index in [9.17, 15) is 18.8 Å². The molecule has 0 fully saturated rings. The van der Waals surface area contributed by atoms with E-state index in [0.717, 1.165) is 0 Å². The summed E-state index contributed by atoms with van der Waals surface area (Å²) in [6, 6.07) is 11.4. The molecule has 4 rings (SSSR count). The lowest BCUT2D eigenvalue weighted by molar-refractivity contribution is -0.123. The van der Waals surface area contributed by atoms with Crippen LogP contribution < -0.4 is 26.2 Å². The van der Waals surface area contributed by atoms with E-state index in [-0.39, 0.29) is 29.4 Å². The summed E-state index contributed by atoms with van der Waals surface area (Å²) in [6.45, 7) is 1.72. The van der Waals surface area contributed by atoms with Gasteiger partial charge in [-0.2, -0.15) is 4.98 Å². The molecule has 1 atom stereocenters. The molecule has 1 aliphatic rings. The molecule has 1 aliphatic heterocycles. The van der Waals surface area contributed by atoms with E-state index in [1.54, 1.807) is 37.3 Å². The van der Waals surface area contributed by atoms with Gasteiger partial charge in [-0.1, -0.05) is 18.2 Å². The van der Waals surface area contributed by atoms with Crippen LogP contribution in [0.1, 0.15) is 23.5 Å². The molecule has 2 aromatic carbocycles. The van der Waals surface area contributed by atoms with E-state index in [1.165, 1.54) is 19.2 Å². The second-order valence-electron chi connectivity index (χ2n) is 7.28. The highest BCUT2D eigenvalue weighted by Crippen LogP contribution is 2.31. The summed E-state index contributed by atoms with van der Waals surface area (Å²) < 4.78 is 19.4. The number of fused-ring (bicyclic) bond motifs is 1. The van der Waals surface area contributed by atoms with Crippen LogP contribution in [0.4, 0.5) is 27.5 Å². The highest BCUT2D eigenvalue weighted by Gasteiger charge is 2.35. The number of rotatable bonds is 5. The Morgan fingerprint density at radius 1 is 1.19 bits per heavy atom. The Labute approximate surface area is 182 Å². The topological polar surface area (TPSA) is 125 Å². The van der Waals surface area contributed by atoms with Crippen LogP contribution in [-0.2, 0) is 9.59 Å². The maximum Gasteiger partial charge on any atom is 0.258 e. The lowest BCUT2D eigenvalue weighted by Gasteiger charge is -2.24. The Morgan fingerprint density at radius 3 is 2.72 bits per heavy atom. The Morgan fingerprint density at radius 2 is 1.97 bits per heavy atom. The number of ether oxygens (including phenoxy) is 1. The Balaban J connectivity index is 1.65. The van der Waals surface area contributed by atoms with Crippen molar-refractivity contribution in [3.8, 4) is 5.75 Å². The zero-order valence-corrected chi connectivity index (χ0v) is 17.3. The van der Waals surface area contributed by atoms with Crippen LogP contribution in [0.5, 0.6) is 5.75 Å². The van der Waals surface area contributed by atoms with Gasteiger partial charge in [0.05, 0.1) is 30.0 Å². The smallest absolute Gasteiger partial charge is 0.258 e. The Hall–Kier alpha value is -4.21. The molecule has 0 spiro atoms. The summed E-state index contributed by atoms with van der Waals surface area (Å²) >= 11 is 0. The number of H-pyrrole nitrogens is 1. The maximum absolute atomic E-state index is 14.2. The minimum absolute atomic E-state index is 0.000182. The number of aromatic nitrogens is 2. The lowest BCUT2D eigenvalue weighted by Crippen LogP contribution is -2.36. The van der Waals surface area contributed by atoms with Crippen molar-refractivity contribution >= 4 is 35.0 Å². The first kappa shape index (κ1) is 21.0. The average molecular weight is 437 g/mol. The first-order chi connectivity index (χ1) is 15.4. The molecular weight excluding hydrogens is 417 g/mol. The van der Waals surface area contributed by atoms with E-state index in [1.807, 2.05) is 0 Å². The van der Waals surface area contributed by atoms with Gasteiger partial charge in [0, 0.05) is 6.42 Å². The summed E-state index contributed by atoms with van der Waals surface area (Å²) in [5, 5.41) is 7.92.